The van der Waals surface area contributed by atoms with E-state index in [9.17, 15) is 46.4 Å². The van der Waals surface area contributed by atoms with Crippen molar-refractivity contribution in [2.75, 3.05) is 0 Å². The second kappa shape index (κ2) is 7.72. The van der Waals surface area contributed by atoms with Crippen LogP contribution in [0.25, 0.3) is 22.3 Å². The average molecular weight is 541 g/mol. The second-order valence-corrected chi connectivity index (χ2v) is 9.86. The molecule has 4 heterocycles. The molecule has 3 aromatic rings. The first-order valence-corrected chi connectivity index (χ1v) is 11.9. The third kappa shape index (κ3) is 3.46. The van der Waals surface area contributed by atoms with E-state index in [1.807, 2.05) is 0 Å². The molecule has 5 rings (SSSR count). The first-order valence-electron chi connectivity index (χ1n) is 10.5. The smallest absolute Gasteiger partial charge is 0.458 e. The van der Waals surface area contributed by atoms with Crippen molar-refractivity contribution < 1.29 is 45.3 Å². The van der Waals surface area contributed by atoms with Gasteiger partial charge in [-0.05, 0) is 30.7 Å². The average Bonchev–Trinajstić information content (AvgIpc) is 3.17. The van der Waals surface area contributed by atoms with Crippen LogP contribution in [0.5, 0.6) is 5.75 Å². The summed E-state index contributed by atoms with van der Waals surface area (Å²) in [6.45, 7) is 1.00. The number of aliphatic hydroxyl groups is 1. The molecule has 0 saturated heterocycles. The minimum absolute atomic E-state index is 0.0454. The SMILES string of the molecule is CCC1(O)C(=O)OCc2c1cc1n(c2=O)Cc2cc3c([N+](=O)[O-])c(OS(=O)(=O)C(F)(F)F)ccc3nc2-1. The zero-order valence-corrected chi connectivity index (χ0v) is 19.3. The minimum Gasteiger partial charge on any atom is -0.458 e. The zero-order chi connectivity index (χ0) is 27.1. The summed E-state index contributed by atoms with van der Waals surface area (Å²) in [5.41, 5.74) is -8.94. The topological polar surface area (TPSA) is 168 Å². The van der Waals surface area contributed by atoms with Gasteiger partial charge in [0.05, 0.1) is 39.3 Å². The highest BCUT2D eigenvalue weighted by atomic mass is 32.2. The summed E-state index contributed by atoms with van der Waals surface area (Å²) in [6, 6.07) is 4.31. The highest BCUT2D eigenvalue weighted by molar-refractivity contribution is 7.88. The van der Waals surface area contributed by atoms with E-state index in [0.29, 0.717) is 6.07 Å². The van der Waals surface area contributed by atoms with Crippen LogP contribution in [0.3, 0.4) is 0 Å². The molecule has 1 atom stereocenters. The Labute approximate surface area is 204 Å². The summed E-state index contributed by atoms with van der Waals surface area (Å²) in [5.74, 6) is -2.09. The fourth-order valence-electron chi connectivity index (χ4n) is 4.44. The molecule has 194 valence electrons. The molecular weight excluding hydrogens is 527 g/mol. The lowest BCUT2D eigenvalue weighted by Crippen LogP contribution is -2.44. The number of carbonyl (C=O) groups excluding carboxylic acids is 1. The van der Waals surface area contributed by atoms with E-state index in [1.54, 1.807) is 0 Å². The number of esters is 1. The van der Waals surface area contributed by atoms with Crippen LogP contribution in [0, 0.1) is 10.1 Å². The van der Waals surface area contributed by atoms with E-state index < -0.39 is 49.1 Å². The van der Waals surface area contributed by atoms with Gasteiger partial charge in [0.15, 0.2) is 5.60 Å². The Morgan fingerprint density at radius 2 is 2.00 bits per heavy atom. The number of carbonyl (C=O) groups is 1. The van der Waals surface area contributed by atoms with Crippen molar-refractivity contribution in [2.24, 2.45) is 0 Å². The highest BCUT2D eigenvalue weighted by Gasteiger charge is 2.50. The number of ether oxygens (including phenoxy) is 1. The molecule has 2 aliphatic rings. The summed E-state index contributed by atoms with van der Waals surface area (Å²) >= 11 is 0. The summed E-state index contributed by atoms with van der Waals surface area (Å²) in [6.07, 6.45) is -0.0878. The van der Waals surface area contributed by atoms with Gasteiger partial charge in [-0.2, -0.15) is 21.6 Å². The van der Waals surface area contributed by atoms with E-state index >= 15 is 0 Å². The molecule has 0 spiro atoms. The standard InChI is InChI=1S/C21H14F3N3O9S/c1-2-20(30)12-6-14-16-9(7-26(14)18(28)11(12)8-35-19(20)29)5-10-13(25-16)3-4-15(17(10)27(31)32)36-37(33,34)21(22,23)24/h3-6,30H,2,7-8H2,1H3. The lowest BCUT2D eigenvalue weighted by Gasteiger charge is -2.31. The lowest BCUT2D eigenvalue weighted by molar-refractivity contribution is -0.383. The first kappa shape index (κ1) is 24.6. The molecule has 12 nitrogen and oxygen atoms in total. The second-order valence-electron chi connectivity index (χ2n) is 8.32. The number of halogens is 3. The molecule has 0 fully saturated rings. The van der Waals surface area contributed by atoms with E-state index in [-0.39, 0.29) is 58.6 Å². The van der Waals surface area contributed by atoms with Crippen molar-refractivity contribution in [1.82, 2.24) is 9.55 Å². The van der Waals surface area contributed by atoms with Gasteiger partial charge < -0.3 is 18.6 Å². The fourth-order valence-corrected chi connectivity index (χ4v) is 4.90. The van der Waals surface area contributed by atoms with E-state index in [2.05, 4.69) is 9.17 Å². The predicted molar refractivity (Wildman–Crippen MR) is 117 cm³/mol. The molecule has 37 heavy (non-hydrogen) atoms. The van der Waals surface area contributed by atoms with Gasteiger partial charge in [0.2, 0.25) is 5.75 Å². The highest BCUT2D eigenvalue weighted by Crippen LogP contribution is 2.42. The summed E-state index contributed by atoms with van der Waals surface area (Å²) in [7, 11) is -6.20. The van der Waals surface area contributed by atoms with Gasteiger partial charge in [-0.15, -0.1) is 0 Å². The molecular formula is C21H14F3N3O9S. The van der Waals surface area contributed by atoms with E-state index in [1.165, 1.54) is 23.6 Å². The van der Waals surface area contributed by atoms with Crippen LogP contribution in [0.1, 0.15) is 30.0 Å². The number of fused-ring (bicyclic) bond motifs is 5. The van der Waals surface area contributed by atoms with Gasteiger partial charge in [0.1, 0.15) is 6.61 Å². The number of pyridine rings is 2. The molecule has 1 unspecified atom stereocenters. The van der Waals surface area contributed by atoms with Crippen LogP contribution in [-0.4, -0.2) is 39.5 Å². The van der Waals surface area contributed by atoms with Gasteiger partial charge in [0.25, 0.3) is 5.56 Å². The maximum Gasteiger partial charge on any atom is 0.534 e. The number of nitro benzene ring substituents is 1. The minimum atomic E-state index is -6.20. The maximum atomic E-state index is 13.2. The largest absolute Gasteiger partial charge is 0.534 e. The van der Waals surface area contributed by atoms with Gasteiger partial charge >= 0.3 is 27.3 Å². The molecule has 0 aliphatic carbocycles. The number of nitro groups is 1. The quantitative estimate of drug-likeness (QED) is 0.133. The molecule has 0 radical (unpaired) electrons. The Kier molecular flexibility index (Phi) is 5.14. The van der Waals surface area contributed by atoms with Gasteiger partial charge in [-0.1, -0.05) is 6.92 Å². The summed E-state index contributed by atoms with van der Waals surface area (Å²) < 4.78 is 71.5. The number of aromatic nitrogens is 2. The number of hydrogen-bond donors (Lipinski definition) is 1. The fraction of sp³-hybridized carbons (Fsp3) is 0.286. The van der Waals surface area contributed by atoms with E-state index in [4.69, 9.17) is 4.74 Å². The summed E-state index contributed by atoms with van der Waals surface area (Å²) in [5, 5.41) is 22.3. The summed E-state index contributed by atoms with van der Waals surface area (Å²) in [4.78, 5) is 40.4. The molecule has 2 aliphatic heterocycles. The van der Waals surface area contributed by atoms with Crippen molar-refractivity contribution in [1.29, 1.82) is 0 Å². The van der Waals surface area contributed by atoms with Crippen molar-refractivity contribution in [3.63, 3.8) is 0 Å². The zero-order valence-electron chi connectivity index (χ0n) is 18.5. The van der Waals surface area contributed by atoms with Crippen LogP contribution in [0.15, 0.2) is 29.1 Å². The third-order valence-corrected chi connectivity index (χ3v) is 7.26. The number of nitrogens with zero attached hydrogens (tertiary/aromatic N) is 3. The lowest BCUT2D eigenvalue weighted by atomic mass is 9.86. The van der Waals surface area contributed by atoms with Gasteiger partial charge in [-0.25, -0.2) is 9.78 Å². The molecule has 2 aromatic heterocycles. The van der Waals surface area contributed by atoms with Crippen LogP contribution >= 0.6 is 0 Å². The Morgan fingerprint density at radius 3 is 2.62 bits per heavy atom. The molecule has 0 amide bonds. The van der Waals surface area contributed by atoms with Crippen molar-refractivity contribution >= 4 is 32.7 Å². The van der Waals surface area contributed by atoms with Crippen LogP contribution in [-0.2, 0) is 38.4 Å². The van der Waals surface area contributed by atoms with Gasteiger partial charge in [-0.3, -0.25) is 14.9 Å². The van der Waals surface area contributed by atoms with Crippen molar-refractivity contribution in [3.8, 4) is 17.1 Å². The van der Waals surface area contributed by atoms with Crippen LogP contribution in [0.4, 0.5) is 18.9 Å². The maximum absolute atomic E-state index is 13.2. The molecule has 0 bridgehead atoms. The predicted octanol–water partition coefficient (Wildman–Crippen LogP) is 2.22. The number of rotatable bonds is 4. The number of hydrogen-bond acceptors (Lipinski definition) is 10. The Balaban J connectivity index is 1.71. The molecule has 1 N–H and O–H groups in total. The Morgan fingerprint density at radius 1 is 1.30 bits per heavy atom. The molecule has 0 saturated carbocycles. The van der Waals surface area contributed by atoms with Crippen LogP contribution < -0.4 is 9.74 Å². The normalized spacial score (nSPS) is 18.7. The molecule has 16 heteroatoms. The van der Waals surface area contributed by atoms with Crippen LogP contribution in [0.2, 0.25) is 0 Å². The van der Waals surface area contributed by atoms with E-state index in [0.717, 1.165) is 6.07 Å². The van der Waals surface area contributed by atoms with Gasteiger partial charge in [0, 0.05) is 11.1 Å². The number of alkyl halides is 3. The Hall–Kier alpha value is -4.05. The number of cyclic esters (lactones) is 1. The Bertz CT molecular complexity index is 1720. The van der Waals surface area contributed by atoms with Crippen molar-refractivity contribution in [3.05, 3.63) is 61.4 Å². The third-order valence-electron chi connectivity index (χ3n) is 6.29. The monoisotopic (exact) mass is 541 g/mol. The van der Waals surface area contributed by atoms with Crippen molar-refractivity contribution in [2.45, 2.75) is 37.6 Å². The first-order chi connectivity index (χ1) is 17.2. The molecule has 1 aromatic carbocycles. The number of benzene rings is 1.